The molecule has 1 aliphatic heterocycles. The van der Waals surface area contributed by atoms with Gasteiger partial charge in [0.1, 0.15) is 17.1 Å². The number of benzene rings is 3. The number of rotatable bonds is 9. The van der Waals surface area contributed by atoms with E-state index in [0.29, 0.717) is 35.6 Å². The molecule has 188 valence electrons. The van der Waals surface area contributed by atoms with Crippen LogP contribution in [0.4, 0.5) is 0 Å². The number of Topliss-reactive ketones (excluding diaryl/α,β-unsaturated/α-hetero) is 1. The smallest absolute Gasteiger partial charge is 0.290 e. The van der Waals surface area contributed by atoms with Crippen LogP contribution in [0, 0.1) is 0 Å². The number of hydrogen-bond acceptors (Lipinski definition) is 6. The van der Waals surface area contributed by atoms with Crippen molar-refractivity contribution in [1.29, 1.82) is 0 Å². The second-order valence-corrected chi connectivity index (χ2v) is 9.29. The molecule has 3 aromatic carbocycles. The summed E-state index contributed by atoms with van der Waals surface area (Å²) in [4.78, 5) is 30.6. The van der Waals surface area contributed by atoms with Gasteiger partial charge < -0.3 is 24.1 Å². The number of amides is 1. The molecular weight excluding hydrogens is 468 g/mol. The van der Waals surface area contributed by atoms with Crippen LogP contribution in [0.15, 0.2) is 101 Å². The summed E-state index contributed by atoms with van der Waals surface area (Å²) in [5.74, 6) is -0.329. The summed E-state index contributed by atoms with van der Waals surface area (Å²) >= 11 is 0. The molecule has 0 aliphatic carbocycles. The lowest BCUT2D eigenvalue weighted by Gasteiger charge is -2.27. The Kier molecular flexibility index (Phi) is 6.79. The van der Waals surface area contributed by atoms with E-state index in [1.165, 1.54) is 0 Å². The van der Waals surface area contributed by atoms with Crippen molar-refractivity contribution in [3.05, 3.63) is 108 Å². The second kappa shape index (κ2) is 10.3. The van der Waals surface area contributed by atoms with E-state index in [4.69, 9.17) is 9.15 Å². The highest BCUT2D eigenvalue weighted by Crippen LogP contribution is 2.41. The second-order valence-electron chi connectivity index (χ2n) is 9.29. The van der Waals surface area contributed by atoms with Crippen LogP contribution in [0.25, 0.3) is 11.0 Å². The van der Waals surface area contributed by atoms with Crippen molar-refractivity contribution in [3.63, 3.8) is 0 Å². The van der Waals surface area contributed by atoms with Crippen LogP contribution in [0.3, 0.4) is 0 Å². The van der Waals surface area contributed by atoms with Crippen LogP contribution in [0.5, 0.6) is 11.5 Å². The zero-order valence-electron chi connectivity index (χ0n) is 20.8. The van der Waals surface area contributed by atoms with Crippen molar-refractivity contribution in [1.82, 2.24) is 9.80 Å². The number of ketones is 1. The summed E-state index contributed by atoms with van der Waals surface area (Å²) in [7, 11) is 3.92. The highest BCUT2D eigenvalue weighted by atomic mass is 16.5. The fourth-order valence-corrected chi connectivity index (χ4v) is 4.62. The number of furan rings is 1. The minimum absolute atomic E-state index is 0.00534. The molecule has 0 radical (unpaired) electrons. The fraction of sp³-hybridized carbons (Fsp3) is 0.200. The van der Waals surface area contributed by atoms with Crippen molar-refractivity contribution in [3.8, 4) is 11.5 Å². The van der Waals surface area contributed by atoms with Gasteiger partial charge in [-0.15, -0.1) is 0 Å². The molecule has 1 aliphatic rings. The largest absolute Gasteiger partial charge is 0.503 e. The third-order valence-corrected chi connectivity index (χ3v) is 6.35. The van der Waals surface area contributed by atoms with Gasteiger partial charge in [-0.05, 0) is 69.0 Å². The molecule has 5 rings (SSSR count). The van der Waals surface area contributed by atoms with Gasteiger partial charge in [0.05, 0.1) is 11.6 Å². The number of fused-ring (bicyclic) bond motifs is 1. The van der Waals surface area contributed by atoms with E-state index in [2.05, 4.69) is 0 Å². The van der Waals surface area contributed by atoms with Crippen LogP contribution in [0.1, 0.15) is 28.6 Å². The van der Waals surface area contributed by atoms with Crippen molar-refractivity contribution in [2.75, 3.05) is 27.2 Å². The van der Waals surface area contributed by atoms with E-state index in [1.54, 1.807) is 23.1 Å². The molecule has 1 amide bonds. The standard InChI is InChI=1S/C30H28N2O5/c1-31(2)16-9-17-32-27(21-11-8-14-23(18-21)36-22-12-4-3-5-13-22)26(29(34)30(32)35)28(33)25-19-20-10-6-7-15-24(20)37-25/h3-8,10-15,18-19,27,34H,9,16-17H2,1-2H3. The van der Waals surface area contributed by atoms with Gasteiger partial charge in [0.2, 0.25) is 5.78 Å². The van der Waals surface area contributed by atoms with E-state index in [9.17, 15) is 14.7 Å². The lowest BCUT2D eigenvalue weighted by Crippen LogP contribution is -2.33. The monoisotopic (exact) mass is 496 g/mol. The minimum atomic E-state index is -0.783. The van der Waals surface area contributed by atoms with Gasteiger partial charge in [0.25, 0.3) is 5.91 Å². The van der Waals surface area contributed by atoms with Gasteiger partial charge >= 0.3 is 0 Å². The van der Waals surface area contributed by atoms with Crippen LogP contribution in [0.2, 0.25) is 0 Å². The molecular formula is C30H28N2O5. The zero-order valence-corrected chi connectivity index (χ0v) is 20.8. The van der Waals surface area contributed by atoms with Crippen LogP contribution in [-0.2, 0) is 4.79 Å². The van der Waals surface area contributed by atoms with E-state index in [-0.39, 0.29) is 11.3 Å². The highest BCUT2D eigenvalue weighted by Gasteiger charge is 2.44. The topological polar surface area (TPSA) is 83.2 Å². The van der Waals surface area contributed by atoms with Crippen molar-refractivity contribution >= 4 is 22.7 Å². The molecule has 0 bridgehead atoms. The number of aliphatic hydroxyl groups is 1. The molecule has 0 saturated heterocycles. The Balaban J connectivity index is 1.53. The molecule has 7 nitrogen and oxygen atoms in total. The molecule has 0 fully saturated rings. The van der Waals surface area contributed by atoms with Crippen molar-refractivity contribution in [2.45, 2.75) is 12.5 Å². The predicted molar refractivity (Wildman–Crippen MR) is 141 cm³/mol. The maximum Gasteiger partial charge on any atom is 0.290 e. The minimum Gasteiger partial charge on any atom is -0.503 e. The van der Waals surface area contributed by atoms with E-state index in [1.807, 2.05) is 85.7 Å². The molecule has 1 N–H and O–H groups in total. The summed E-state index contributed by atoms with van der Waals surface area (Å²) < 4.78 is 11.8. The summed E-state index contributed by atoms with van der Waals surface area (Å²) in [6.07, 6.45) is 0.675. The first-order valence-electron chi connectivity index (χ1n) is 12.2. The first-order valence-corrected chi connectivity index (χ1v) is 12.2. The molecule has 1 atom stereocenters. The van der Waals surface area contributed by atoms with Gasteiger partial charge in [-0.3, -0.25) is 9.59 Å². The van der Waals surface area contributed by atoms with Crippen LogP contribution < -0.4 is 4.74 Å². The molecule has 4 aromatic rings. The molecule has 1 aromatic heterocycles. The Labute approximate surface area is 215 Å². The van der Waals surface area contributed by atoms with Crippen LogP contribution in [-0.4, -0.2) is 53.8 Å². The number of aliphatic hydroxyl groups excluding tert-OH is 1. The van der Waals surface area contributed by atoms with Gasteiger partial charge in [0.15, 0.2) is 11.5 Å². The van der Waals surface area contributed by atoms with E-state index in [0.717, 1.165) is 11.9 Å². The maximum absolute atomic E-state index is 13.7. The number of para-hydroxylation sites is 2. The molecule has 1 unspecified atom stereocenters. The first kappa shape index (κ1) is 24.3. The van der Waals surface area contributed by atoms with Crippen molar-refractivity contribution in [2.24, 2.45) is 0 Å². The van der Waals surface area contributed by atoms with Crippen molar-refractivity contribution < 1.29 is 23.8 Å². The summed E-state index contributed by atoms with van der Waals surface area (Å²) in [5, 5.41) is 11.7. The van der Waals surface area contributed by atoms with Gasteiger partial charge in [-0.1, -0.05) is 48.5 Å². The highest BCUT2D eigenvalue weighted by molar-refractivity contribution is 6.16. The average molecular weight is 497 g/mol. The molecule has 37 heavy (non-hydrogen) atoms. The van der Waals surface area contributed by atoms with Gasteiger partial charge in [-0.2, -0.15) is 0 Å². The number of nitrogens with zero attached hydrogens (tertiary/aromatic N) is 2. The average Bonchev–Trinajstić information content (AvgIpc) is 3.44. The van der Waals surface area contributed by atoms with Gasteiger partial charge in [-0.25, -0.2) is 0 Å². The third kappa shape index (κ3) is 4.99. The molecule has 0 saturated carbocycles. The number of hydrogen-bond donors (Lipinski definition) is 1. The first-order chi connectivity index (χ1) is 17.9. The molecule has 7 heteroatoms. The van der Waals surface area contributed by atoms with E-state index >= 15 is 0 Å². The van der Waals surface area contributed by atoms with Gasteiger partial charge in [0, 0.05) is 11.9 Å². The third-order valence-electron chi connectivity index (χ3n) is 6.35. The Bertz CT molecular complexity index is 1440. The lowest BCUT2D eigenvalue weighted by molar-refractivity contribution is -0.129. The fourth-order valence-electron chi connectivity index (χ4n) is 4.62. The Morgan fingerprint density at radius 3 is 2.46 bits per heavy atom. The van der Waals surface area contributed by atoms with Crippen LogP contribution >= 0.6 is 0 Å². The number of ether oxygens (including phenoxy) is 1. The SMILES string of the molecule is CN(C)CCCN1C(=O)C(O)=C(C(=O)c2cc3ccccc3o2)C1c1cccc(Oc2ccccc2)c1. The Morgan fingerprint density at radius 2 is 1.70 bits per heavy atom. The Hall–Kier alpha value is -4.36. The number of carbonyl (C=O) groups is 2. The number of carbonyl (C=O) groups excluding carboxylic acids is 2. The normalized spacial score (nSPS) is 15.7. The van der Waals surface area contributed by atoms with E-state index < -0.39 is 23.5 Å². The maximum atomic E-state index is 13.7. The lowest BCUT2D eigenvalue weighted by atomic mass is 9.94. The zero-order chi connectivity index (χ0) is 25.9. The Morgan fingerprint density at radius 1 is 0.973 bits per heavy atom. The quantitative estimate of drug-likeness (QED) is 0.297. The molecule has 2 heterocycles. The summed E-state index contributed by atoms with van der Waals surface area (Å²) in [5.41, 5.74) is 1.23. The molecule has 0 spiro atoms. The summed E-state index contributed by atoms with van der Waals surface area (Å²) in [6, 6.07) is 24.8. The predicted octanol–water partition coefficient (Wildman–Crippen LogP) is 5.76. The summed E-state index contributed by atoms with van der Waals surface area (Å²) in [6.45, 7) is 1.12.